The smallest absolute Gasteiger partial charge is 0.123 e. The third-order valence-electron chi connectivity index (χ3n) is 3.87. The molecule has 3 nitrogen and oxygen atoms in total. The van der Waals surface area contributed by atoms with Crippen LogP contribution in [0.3, 0.4) is 0 Å². The molecule has 0 aromatic heterocycles. The van der Waals surface area contributed by atoms with Crippen molar-refractivity contribution >= 4 is 0 Å². The molecule has 1 fully saturated rings. The summed E-state index contributed by atoms with van der Waals surface area (Å²) in [6, 6.07) is 6.53. The lowest BCUT2D eigenvalue weighted by atomic mass is 10.1. The van der Waals surface area contributed by atoms with Gasteiger partial charge in [0.2, 0.25) is 0 Å². The quantitative estimate of drug-likeness (QED) is 0.832. The largest absolute Gasteiger partial charge is 0.496 e. The van der Waals surface area contributed by atoms with Gasteiger partial charge < -0.3 is 15.0 Å². The van der Waals surface area contributed by atoms with E-state index in [1.54, 1.807) is 7.11 Å². The fourth-order valence-electron chi connectivity index (χ4n) is 2.53. The summed E-state index contributed by atoms with van der Waals surface area (Å²) in [4.78, 5) is 2.41. The number of ether oxygens (including phenoxy) is 1. The Morgan fingerprint density at radius 2 is 2.00 bits per heavy atom. The maximum atomic E-state index is 5.52. The van der Waals surface area contributed by atoms with Gasteiger partial charge in [-0.05, 0) is 64.3 Å². The number of nitrogens with zero attached hydrogens (tertiary/aromatic N) is 1. The molecule has 0 atom stereocenters. The summed E-state index contributed by atoms with van der Waals surface area (Å²) in [7, 11) is 3.96. The molecule has 3 heteroatoms. The monoisotopic (exact) mass is 290 g/mol. The van der Waals surface area contributed by atoms with E-state index in [4.69, 9.17) is 4.74 Å². The van der Waals surface area contributed by atoms with Crippen molar-refractivity contribution in [1.82, 2.24) is 10.2 Å². The molecule has 1 N–H and O–H groups in total. The van der Waals surface area contributed by atoms with E-state index in [1.807, 2.05) is 0 Å². The number of benzene rings is 1. The van der Waals surface area contributed by atoms with Crippen molar-refractivity contribution in [2.45, 2.75) is 52.2 Å². The van der Waals surface area contributed by atoms with Gasteiger partial charge in [-0.2, -0.15) is 0 Å². The topological polar surface area (TPSA) is 24.5 Å². The molecular weight excluding hydrogens is 260 g/mol. The number of hydrogen-bond donors (Lipinski definition) is 1. The summed E-state index contributed by atoms with van der Waals surface area (Å²) in [5.41, 5.74) is 2.75. The maximum absolute atomic E-state index is 5.52. The molecule has 1 aromatic rings. The molecule has 118 valence electrons. The van der Waals surface area contributed by atoms with Crippen LogP contribution in [0, 0.1) is 5.92 Å². The van der Waals surface area contributed by atoms with Crippen molar-refractivity contribution in [3.8, 4) is 5.75 Å². The third-order valence-corrected chi connectivity index (χ3v) is 3.87. The minimum atomic E-state index is 0.142. The highest BCUT2D eigenvalue weighted by atomic mass is 16.5. The maximum Gasteiger partial charge on any atom is 0.123 e. The second kappa shape index (κ2) is 6.80. The zero-order chi connectivity index (χ0) is 15.5. The van der Waals surface area contributed by atoms with Crippen LogP contribution in [0.2, 0.25) is 0 Å². The molecule has 1 aliphatic rings. The lowest BCUT2D eigenvalue weighted by Gasteiger charge is -2.22. The van der Waals surface area contributed by atoms with E-state index in [0.29, 0.717) is 0 Å². The summed E-state index contributed by atoms with van der Waals surface area (Å²) < 4.78 is 5.52. The van der Waals surface area contributed by atoms with Gasteiger partial charge in [0.1, 0.15) is 5.75 Å². The highest BCUT2D eigenvalue weighted by Crippen LogP contribution is 2.30. The minimum absolute atomic E-state index is 0.142. The van der Waals surface area contributed by atoms with E-state index < -0.39 is 0 Å². The van der Waals surface area contributed by atoms with Crippen molar-refractivity contribution in [2.24, 2.45) is 5.92 Å². The Hall–Kier alpha value is -1.06. The Balaban J connectivity index is 2.02. The standard InChI is InChI=1S/C18H30N2O/c1-18(2,3)19-11-15-8-9-17(21-5)16(10-15)13-20(4)12-14-6-7-14/h8-10,14,19H,6-7,11-13H2,1-5H3. The molecule has 1 aliphatic carbocycles. The summed E-state index contributed by atoms with van der Waals surface area (Å²) in [5, 5.41) is 3.54. The average Bonchev–Trinajstić information content (AvgIpc) is 3.19. The van der Waals surface area contributed by atoms with E-state index in [9.17, 15) is 0 Å². The van der Waals surface area contributed by atoms with E-state index in [-0.39, 0.29) is 5.54 Å². The molecule has 1 saturated carbocycles. The van der Waals surface area contributed by atoms with Crippen LogP contribution in [0.15, 0.2) is 18.2 Å². The predicted octanol–water partition coefficient (Wildman–Crippen LogP) is 3.43. The van der Waals surface area contributed by atoms with E-state index in [1.165, 1.54) is 30.5 Å². The van der Waals surface area contributed by atoms with Gasteiger partial charge in [0.25, 0.3) is 0 Å². The number of methoxy groups -OCH3 is 1. The van der Waals surface area contributed by atoms with Crippen molar-refractivity contribution < 1.29 is 4.74 Å². The molecule has 0 amide bonds. The molecule has 0 spiro atoms. The second-order valence-electron chi connectivity index (χ2n) is 7.39. The molecule has 0 unspecified atom stereocenters. The number of hydrogen-bond acceptors (Lipinski definition) is 3. The van der Waals surface area contributed by atoms with E-state index in [2.05, 4.69) is 56.2 Å². The van der Waals surface area contributed by atoms with Crippen LogP contribution >= 0.6 is 0 Å². The van der Waals surface area contributed by atoms with Gasteiger partial charge in [0, 0.05) is 30.7 Å². The van der Waals surface area contributed by atoms with Gasteiger partial charge in [-0.3, -0.25) is 0 Å². The Kier molecular flexibility index (Phi) is 5.28. The zero-order valence-electron chi connectivity index (χ0n) is 14.2. The summed E-state index contributed by atoms with van der Waals surface area (Å²) in [6.45, 7) is 9.64. The zero-order valence-corrected chi connectivity index (χ0v) is 14.2. The summed E-state index contributed by atoms with van der Waals surface area (Å²) >= 11 is 0. The van der Waals surface area contributed by atoms with Crippen LogP contribution in [0.25, 0.3) is 0 Å². The molecule has 0 aliphatic heterocycles. The van der Waals surface area contributed by atoms with Gasteiger partial charge in [-0.1, -0.05) is 6.07 Å². The third kappa shape index (κ3) is 5.68. The van der Waals surface area contributed by atoms with Crippen LogP contribution < -0.4 is 10.1 Å². The van der Waals surface area contributed by atoms with Crippen molar-refractivity contribution in [1.29, 1.82) is 0 Å². The molecule has 21 heavy (non-hydrogen) atoms. The van der Waals surface area contributed by atoms with Crippen LogP contribution in [0.4, 0.5) is 0 Å². The second-order valence-corrected chi connectivity index (χ2v) is 7.39. The van der Waals surface area contributed by atoms with Crippen molar-refractivity contribution in [3.63, 3.8) is 0 Å². The SMILES string of the molecule is COc1ccc(CNC(C)(C)C)cc1CN(C)CC1CC1. The number of nitrogens with one attached hydrogen (secondary N) is 1. The normalized spacial score (nSPS) is 15.5. The molecule has 0 heterocycles. The first-order valence-electron chi connectivity index (χ1n) is 7.97. The summed E-state index contributed by atoms with van der Waals surface area (Å²) in [6.07, 6.45) is 2.80. The van der Waals surface area contributed by atoms with Gasteiger partial charge in [0.05, 0.1) is 7.11 Å². The minimum Gasteiger partial charge on any atom is -0.496 e. The lowest BCUT2D eigenvalue weighted by Crippen LogP contribution is -2.35. The van der Waals surface area contributed by atoms with Gasteiger partial charge in [0.15, 0.2) is 0 Å². The van der Waals surface area contributed by atoms with Gasteiger partial charge in [-0.25, -0.2) is 0 Å². The molecule has 0 saturated heterocycles. The highest BCUT2D eigenvalue weighted by Gasteiger charge is 2.23. The first-order chi connectivity index (χ1) is 9.87. The predicted molar refractivity (Wildman–Crippen MR) is 88.6 cm³/mol. The first kappa shape index (κ1) is 16.3. The van der Waals surface area contributed by atoms with Crippen LogP contribution in [0.1, 0.15) is 44.7 Å². The van der Waals surface area contributed by atoms with E-state index >= 15 is 0 Å². The average molecular weight is 290 g/mol. The Labute approximate surface area is 129 Å². The van der Waals surface area contributed by atoms with Crippen molar-refractivity contribution in [2.75, 3.05) is 20.7 Å². The molecule has 0 bridgehead atoms. The first-order valence-corrected chi connectivity index (χ1v) is 7.97. The van der Waals surface area contributed by atoms with Gasteiger partial charge >= 0.3 is 0 Å². The fraction of sp³-hybridized carbons (Fsp3) is 0.667. The summed E-state index contributed by atoms with van der Waals surface area (Å²) in [5.74, 6) is 1.92. The fourth-order valence-corrected chi connectivity index (χ4v) is 2.53. The Morgan fingerprint density at radius 1 is 1.29 bits per heavy atom. The Morgan fingerprint density at radius 3 is 2.57 bits per heavy atom. The van der Waals surface area contributed by atoms with Crippen LogP contribution in [0.5, 0.6) is 5.75 Å². The van der Waals surface area contributed by atoms with Crippen LogP contribution in [-0.4, -0.2) is 31.1 Å². The molecule has 0 radical (unpaired) electrons. The van der Waals surface area contributed by atoms with Crippen LogP contribution in [-0.2, 0) is 13.1 Å². The molecule has 2 rings (SSSR count). The number of rotatable bonds is 7. The lowest BCUT2D eigenvalue weighted by molar-refractivity contribution is 0.305. The molecule has 1 aromatic carbocycles. The van der Waals surface area contributed by atoms with Gasteiger partial charge in [-0.15, -0.1) is 0 Å². The Bertz CT molecular complexity index is 461. The highest BCUT2D eigenvalue weighted by molar-refractivity contribution is 5.37. The van der Waals surface area contributed by atoms with Crippen molar-refractivity contribution in [3.05, 3.63) is 29.3 Å². The van der Waals surface area contributed by atoms with E-state index in [0.717, 1.165) is 24.8 Å². The molecular formula is C18H30N2O.